The standard InChI is InChI=1S/C21H22N2O3/c1-4-13(2)18(14-8-6-5-7-9-14)19(24)22-15-10-11-16-17(12-15)21(26)23(3)20(16)25/h5-13,18H,4H2,1-3H3,(H,22,24)/t13-,18+/m1/s1. The van der Waals surface area contributed by atoms with Gasteiger partial charge in [-0.15, -0.1) is 0 Å². The van der Waals surface area contributed by atoms with Gasteiger partial charge in [0.2, 0.25) is 5.91 Å². The minimum Gasteiger partial charge on any atom is -0.326 e. The number of carbonyl (C=O) groups is 3. The van der Waals surface area contributed by atoms with Gasteiger partial charge in [-0.3, -0.25) is 19.3 Å². The molecule has 3 rings (SSSR count). The maximum absolute atomic E-state index is 13.0. The van der Waals surface area contributed by atoms with Crippen molar-refractivity contribution in [3.05, 3.63) is 65.2 Å². The van der Waals surface area contributed by atoms with Crippen LogP contribution < -0.4 is 5.32 Å². The second-order valence-electron chi connectivity index (χ2n) is 6.69. The molecule has 26 heavy (non-hydrogen) atoms. The van der Waals surface area contributed by atoms with Crippen molar-refractivity contribution in [3.8, 4) is 0 Å². The van der Waals surface area contributed by atoms with Crippen molar-refractivity contribution in [3.63, 3.8) is 0 Å². The normalized spacial score (nSPS) is 15.6. The lowest BCUT2D eigenvalue weighted by Crippen LogP contribution is -2.26. The molecule has 0 saturated carbocycles. The molecule has 134 valence electrons. The van der Waals surface area contributed by atoms with Crippen molar-refractivity contribution >= 4 is 23.4 Å². The number of anilines is 1. The Labute approximate surface area is 153 Å². The number of amides is 3. The molecular weight excluding hydrogens is 328 g/mol. The molecule has 0 radical (unpaired) electrons. The molecule has 5 nitrogen and oxygen atoms in total. The Kier molecular flexibility index (Phi) is 4.89. The highest BCUT2D eigenvalue weighted by Gasteiger charge is 2.33. The van der Waals surface area contributed by atoms with Crippen molar-refractivity contribution in [2.75, 3.05) is 12.4 Å². The summed E-state index contributed by atoms with van der Waals surface area (Å²) in [6, 6.07) is 14.5. The Morgan fingerprint density at radius 3 is 2.35 bits per heavy atom. The van der Waals surface area contributed by atoms with E-state index in [9.17, 15) is 14.4 Å². The number of fused-ring (bicyclic) bond motifs is 1. The monoisotopic (exact) mass is 350 g/mol. The van der Waals surface area contributed by atoms with Gasteiger partial charge in [0.25, 0.3) is 11.8 Å². The van der Waals surface area contributed by atoms with Crippen molar-refractivity contribution < 1.29 is 14.4 Å². The number of hydrogen-bond donors (Lipinski definition) is 1. The topological polar surface area (TPSA) is 66.5 Å². The molecule has 0 unspecified atom stereocenters. The summed E-state index contributed by atoms with van der Waals surface area (Å²) in [5, 5.41) is 2.91. The quantitative estimate of drug-likeness (QED) is 0.837. The summed E-state index contributed by atoms with van der Waals surface area (Å²) in [4.78, 5) is 38.2. The molecule has 2 aromatic rings. The van der Waals surface area contributed by atoms with Gasteiger partial charge in [-0.05, 0) is 29.7 Å². The van der Waals surface area contributed by atoms with Gasteiger partial charge in [0, 0.05) is 12.7 Å². The van der Waals surface area contributed by atoms with Crippen molar-refractivity contribution in [2.45, 2.75) is 26.2 Å². The lowest BCUT2D eigenvalue weighted by atomic mass is 9.85. The zero-order valence-electron chi connectivity index (χ0n) is 15.2. The molecular formula is C21H22N2O3. The molecule has 0 aliphatic carbocycles. The summed E-state index contributed by atoms with van der Waals surface area (Å²) in [6.45, 7) is 4.11. The third-order valence-corrected chi connectivity index (χ3v) is 5.01. The minimum atomic E-state index is -0.345. The molecule has 1 aliphatic rings. The van der Waals surface area contributed by atoms with E-state index in [2.05, 4.69) is 19.2 Å². The first-order valence-corrected chi connectivity index (χ1v) is 8.76. The summed E-state index contributed by atoms with van der Waals surface area (Å²) in [5.74, 6) is -0.890. The Hall–Kier alpha value is -2.95. The lowest BCUT2D eigenvalue weighted by Gasteiger charge is -2.23. The van der Waals surface area contributed by atoms with Gasteiger partial charge in [0.05, 0.1) is 17.0 Å². The molecule has 0 saturated heterocycles. The summed E-state index contributed by atoms with van der Waals surface area (Å²) in [6.07, 6.45) is 0.870. The first kappa shape index (κ1) is 17.9. The van der Waals surface area contributed by atoms with E-state index in [1.54, 1.807) is 18.2 Å². The van der Waals surface area contributed by atoms with Gasteiger partial charge < -0.3 is 5.32 Å². The molecule has 3 amide bonds. The van der Waals surface area contributed by atoms with E-state index in [4.69, 9.17) is 0 Å². The number of nitrogens with zero attached hydrogens (tertiary/aromatic N) is 1. The van der Waals surface area contributed by atoms with Crippen LogP contribution in [-0.4, -0.2) is 29.7 Å². The molecule has 0 spiro atoms. The molecule has 2 atom stereocenters. The molecule has 0 aromatic heterocycles. The van der Waals surface area contributed by atoms with Crippen LogP contribution in [0.15, 0.2) is 48.5 Å². The number of nitrogens with one attached hydrogen (secondary N) is 1. The molecule has 2 aromatic carbocycles. The summed E-state index contributed by atoms with van der Waals surface area (Å²) >= 11 is 0. The molecule has 1 N–H and O–H groups in total. The van der Waals surface area contributed by atoms with Gasteiger partial charge in [0.15, 0.2) is 0 Å². The lowest BCUT2D eigenvalue weighted by molar-refractivity contribution is -0.118. The molecule has 0 fully saturated rings. The number of hydrogen-bond acceptors (Lipinski definition) is 3. The number of imide groups is 1. The van der Waals surface area contributed by atoms with Crippen LogP contribution >= 0.6 is 0 Å². The zero-order valence-corrected chi connectivity index (χ0v) is 15.2. The Balaban J connectivity index is 1.87. The minimum absolute atomic E-state index is 0.115. The molecule has 1 heterocycles. The average molecular weight is 350 g/mol. The first-order valence-electron chi connectivity index (χ1n) is 8.76. The van der Waals surface area contributed by atoms with E-state index in [-0.39, 0.29) is 29.6 Å². The van der Waals surface area contributed by atoms with Crippen LogP contribution in [-0.2, 0) is 4.79 Å². The van der Waals surface area contributed by atoms with Crippen molar-refractivity contribution in [2.24, 2.45) is 5.92 Å². The van der Waals surface area contributed by atoms with E-state index >= 15 is 0 Å². The Bertz CT molecular complexity index is 861. The molecule has 0 bridgehead atoms. The third-order valence-electron chi connectivity index (χ3n) is 5.01. The maximum Gasteiger partial charge on any atom is 0.261 e. The van der Waals surface area contributed by atoms with Gasteiger partial charge >= 0.3 is 0 Å². The second kappa shape index (κ2) is 7.12. The van der Waals surface area contributed by atoms with Crippen molar-refractivity contribution in [1.29, 1.82) is 0 Å². The number of rotatable bonds is 5. The van der Waals surface area contributed by atoms with Crippen LogP contribution in [0.1, 0.15) is 52.5 Å². The molecule has 5 heteroatoms. The summed E-state index contributed by atoms with van der Waals surface area (Å²) in [5.41, 5.74) is 2.19. The van der Waals surface area contributed by atoms with E-state index in [0.29, 0.717) is 16.8 Å². The predicted octanol–water partition coefficient (Wildman–Crippen LogP) is 3.68. The van der Waals surface area contributed by atoms with Crippen LogP contribution in [0.4, 0.5) is 5.69 Å². The van der Waals surface area contributed by atoms with Crippen LogP contribution in [0, 0.1) is 5.92 Å². The van der Waals surface area contributed by atoms with E-state index in [1.807, 2.05) is 30.3 Å². The van der Waals surface area contributed by atoms with E-state index in [0.717, 1.165) is 16.9 Å². The smallest absolute Gasteiger partial charge is 0.261 e. The Morgan fingerprint density at radius 1 is 1.04 bits per heavy atom. The van der Waals surface area contributed by atoms with E-state index < -0.39 is 0 Å². The van der Waals surface area contributed by atoms with Crippen LogP contribution in [0.25, 0.3) is 0 Å². The second-order valence-corrected chi connectivity index (χ2v) is 6.69. The Morgan fingerprint density at radius 2 is 1.69 bits per heavy atom. The van der Waals surface area contributed by atoms with Crippen LogP contribution in [0.5, 0.6) is 0 Å². The highest BCUT2D eigenvalue weighted by Crippen LogP contribution is 2.30. The van der Waals surface area contributed by atoms with Crippen LogP contribution in [0.2, 0.25) is 0 Å². The highest BCUT2D eigenvalue weighted by atomic mass is 16.2. The summed E-state index contributed by atoms with van der Waals surface area (Å²) < 4.78 is 0. The predicted molar refractivity (Wildman–Crippen MR) is 100 cm³/mol. The fourth-order valence-corrected chi connectivity index (χ4v) is 3.29. The SMILES string of the molecule is CC[C@@H](C)[C@H](C(=O)Nc1ccc2c(c1)C(=O)N(C)C2=O)c1ccccc1. The zero-order chi connectivity index (χ0) is 18.8. The van der Waals surface area contributed by atoms with Gasteiger partial charge in [-0.25, -0.2) is 0 Å². The first-order chi connectivity index (χ1) is 12.4. The van der Waals surface area contributed by atoms with Crippen molar-refractivity contribution in [1.82, 2.24) is 4.90 Å². The van der Waals surface area contributed by atoms with Crippen LogP contribution in [0.3, 0.4) is 0 Å². The largest absolute Gasteiger partial charge is 0.326 e. The third kappa shape index (κ3) is 3.12. The molecule has 1 aliphatic heterocycles. The fourth-order valence-electron chi connectivity index (χ4n) is 3.29. The van der Waals surface area contributed by atoms with Gasteiger partial charge in [-0.1, -0.05) is 50.6 Å². The fraction of sp³-hybridized carbons (Fsp3) is 0.286. The number of carbonyl (C=O) groups excluding carboxylic acids is 3. The highest BCUT2D eigenvalue weighted by molar-refractivity contribution is 6.21. The van der Waals surface area contributed by atoms with Gasteiger partial charge in [0.1, 0.15) is 0 Å². The number of benzene rings is 2. The van der Waals surface area contributed by atoms with E-state index in [1.165, 1.54) is 7.05 Å². The van der Waals surface area contributed by atoms with Gasteiger partial charge in [-0.2, -0.15) is 0 Å². The maximum atomic E-state index is 13.0. The summed E-state index contributed by atoms with van der Waals surface area (Å²) in [7, 11) is 1.46. The average Bonchev–Trinajstić information content (AvgIpc) is 2.86.